The number of amides is 1. The molecule has 1 unspecified atom stereocenters. The molecule has 7 nitrogen and oxygen atoms in total. The lowest BCUT2D eigenvalue weighted by atomic mass is 9.79. The van der Waals surface area contributed by atoms with Crippen molar-refractivity contribution >= 4 is 11.7 Å². The Morgan fingerprint density at radius 1 is 1.44 bits per heavy atom. The Kier molecular flexibility index (Phi) is 12.0. The summed E-state index contributed by atoms with van der Waals surface area (Å²) in [5.41, 5.74) is 4.61. The molecule has 1 saturated heterocycles. The largest absolute Gasteiger partial charge is 0.355 e. The number of nitrogens with one attached hydrogen (secondary N) is 3. The third-order valence-corrected chi connectivity index (χ3v) is 6.13. The van der Waals surface area contributed by atoms with E-state index >= 15 is 0 Å². The molecule has 1 atom stereocenters. The first-order valence-electron chi connectivity index (χ1n) is 11.5. The molecule has 2 rings (SSSR count). The van der Waals surface area contributed by atoms with Crippen molar-refractivity contribution in [2.45, 2.75) is 53.4 Å². The standard InChI is InChI=1S/C18H31N5O.C7H13N/c1-12-8-7-9-13(2)22-16(21-11-18(12,4)5)10-15(14(3)23-19)17(24)20-6;1-2-3-5-8-6-4-7-8/h7-8,12,23H,2,9-11,19H2,1,3-6H3,(H,20,24)(H,21,22);2H,1,3-7H2/b8-7-,15-14+;. The summed E-state index contributed by atoms with van der Waals surface area (Å²) in [5, 5.41) is 5.90. The van der Waals surface area contributed by atoms with Crippen LogP contribution >= 0.6 is 0 Å². The van der Waals surface area contributed by atoms with E-state index in [-0.39, 0.29) is 11.3 Å². The zero-order chi connectivity index (χ0) is 24.1. The maximum Gasteiger partial charge on any atom is 0.249 e. The van der Waals surface area contributed by atoms with Crippen LogP contribution in [0.5, 0.6) is 0 Å². The monoisotopic (exact) mass is 444 g/mol. The molecule has 0 aromatic carbocycles. The number of nitrogens with two attached hydrogens (primary N) is 1. The first-order chi connectivity index (χ1) is 15.1. The Morgan fingerprint density at radius 3 is 2.66 bits per heavy atom. The number of carbonyl (C=O) groups is 1. The van der Waals surface area contributed by atoms with Crippen LogP contribution in [-0.2, 0) is 4.79 Å². The smallest absolute Gasteiger partial charge is 0.249 e. The van der Waals surface area contributed by atoms with Gasteiger partial charge in [-0.15, -0.1) is 6.58 Å². The number of rotatable bonds is 7. The molecule has 0 saturated carbocycles. The predicted octanol–water partition coefficient (Wildman–Crippen LogP) is 3.25. The van der Waals surface area contributed by atoms with Gasteiger partial charge in [0.1, 0.15) is 5.84 Å². The van der Waals surface area contributed by atoms with Gasteiger partial charge in [-0.25, -0.2) is 0 Å². The number of likely N-dealkylation sites (N-methyl/N-ethyl adjacent to an activating group) is 1. The number of amidine groups is 1. The molecular weight excluding hydrogens is 400 g/mol. The van der Waals surface area contributed by atoms with Crippen molar-refractivity contribution in [2.75, 3.05) is 33.2 Å². The highest BCUT2D eigenvalue weighted by Crippen LogP contribution is 2.29. The van der Waals surface area contributed by atoms with Crippen LogP contribution in [0.3, 0.4) is 0 Å². The van der Waals surface area contributed by atoms with Crippen LogP contribution in [-0.4, -0.2) is 49.9 Å². The van der Waals surface area contributed by atoms with E-state index in [1.165, 1.54) is 26.1 Å². The van der Waals surface area contributed by atoms with Gasteiger partial charge in [0.2, 0.25) is 5.91 Å². The summed E-state index contributed by atoms with van der Waals surface area (Å²) < 4.78 is 0. The van der Waals surface area contributed by atoms with E-state index in [1.54, 1.807) is 14.0 Å². The number of nitrogens with zero attached hydrogens (tertiary/aromatic N) is 2. The molecule has 2 aliphatic rings. The van der Waals surface area contributed by atoms with Gasteiger partial charge in [0.15, 0.2) is 0 Å². The fraction of sp³-hybridized carbons (Fsp3) is 0.600. The first-order valence-corrected chi connectivity index (χ1v) is 11.5. The molecule has 32 heavy (non-hydrogen) atoms. The fourth-order valence-electron chi connectivity index (χ4n) is 3.18. The Bertz CT molecular complexity index is 731. The zero-order valence-electron chi connectivity index (χ0n) is 20.8. The lowest BCUT2D eigenvalue weighted by Crippen LogP contribution is -2.37. The molecule has 1 fully saturated rings. The minimum atomic E-state index is -0.176. The van der Waals surface area contributed by atoms with Gasteiger partial charge < -0.3 is 21.0 Å². The maximum absolute atomic E-state index is 12.1. The van der Waals surface area contributed by atoms with Gasteiger partial charge in [0.25, 0.3) is 0 Å². The van der Waals surface area contributed by atoms with Gasteiger partial charge >= 0.3 is 0 Å². The summed E-state index contributed by atoms with van der Waals surface area (Å²) in [6, 6.07) is 0. The summed E-state index contributed by atoms with van der Waals surface area (Å²) in [7, 11) is 1.60. The minimum Gasteiger partial charge on any atom is -0.355 e. The van der Waals surface area contributed by atoms with Crippen molar-refractivity contribution in [2.24, 2.45) is 22.2 Å². The minimum absolute atomic E-state index is 0.0279. The molecule has 0 aromatic heterocycles. The first kappa shape index (κ1) is 27.7. The summed E-state index contributed by atoms with van der Waals surface area (Å²) in [6.07, 6.45) is 9.98. The van der Waals surface area contributed by atoms with Gasteiger partial charge in [0.05, 0.1) is 0 Å². The number of aliphatic imine (C=N–C) groups is 1. The van der Waals surface area contributed by atoms with Crippen molar-refractivity contribution < 1.29 is 4.79 Å². The molecular formula is C25H44N6O. The molecule has 1 amide bonds. The van der Waals surface area contributed by atoms with Gasteiger partial charge in [-0.3, -0.25) is 15.6 Å². The molecule has 0 spiro atoms. The second-order valence-corrected chi connectivity index (χ2v) is 9.18. The van der Waals surface area contributed by atoms with Gasteiger partial charge in [0, 0.05) is 49.9 Å². The van der Waals surface area contributed by atoms with E-state index in [1.807, 2.05) is 6.08 Å². The third-order valence-electron chi connectivity index (χ3n) is 6.13. The molecule has 0 aliphatic carbocycles. The Balaban J connectivity index is 0.000000533. The number of hydrazine groups is 1. The fourth-order valence-corrected chi connectivity index (χ4v) is 3.18. The van der Waals surface area contributed by atoms with Gasteiger partial charge in [-0.1, -0.05) is 45.6 Å². The summed E-state index contributed by atoms with van der Waals surface area (Å²) >= 11 is 0. The van der Waals surface area contributed by atoms with E-state index < -0.39 is 0 Å². The molecule has 7 heteroatoms. The second kappa shape index (κ2) is 13.9. The molecule has 0 radical (unpaired) electrons. The average molecular weight is 445 g/mol. The van der Waals surface area contributed by atoms with Gasteiger partial charge in [-0.05, 0) is 44.2 Å². The molecule has 2 heterocycles. The normalized spacial score (nSPS) is 22.5. The van der Waals surface area contributed by atoms with E-state index in [4.69, 9.17) is 10.8 Å². The topological polar surface area (TPSA) is 94.8 Å². The summed E-state index contributed by atoms with van der Waals surface area (Å²) in [4.78, 5) is 19.3. The van der Waals surface area contributed by atoms with Crippen molar-refractivity contribution in [1.82, 2.24) is 21.0 Å². The number of allylic oxidation sites excluding steroid dienone is 3. The molecule has 180 valence electrons. The Morgan fingerprint density at radius 2 is 2.12 bits per heavy atom. The summed E-state index contributed by atoms with van der Waals surface area (Å²) in [5.74, 6) is 6.43. The van der Waals surface area contributed by atoms with Gasteiger partial charge in [-0.2, -0.15) is 0 Å². The number of hydrogen-bond acceptors (Lipinski definition) is 6. The quantitative estimate of drug-likeness (QED) is 0.209. The Labute approximate surface area is 195 Å². The van der Waals surface area contributed by atoms with Crippen LogP contribution in [0, 0.1) is 11.3 Å². The number of hydrogen-bond donors (Lipinski definition) is 4. The number of likely N-dealkylation sites (tertiary alicyclic amines) is 1. The van der Waals surface area contributed by atoms with Crippen LogP contribution in [0.25, 0.3) is 0 Å². The predicted molar refractivity (Wildman–Crippen MR) is 136 cm³/mol. The van der Waals surface area contributed by atoms with Crippen LogP contribution in [0.1, 0.15) is 53.4 Å². The molecule has 2 aliphatic heterocycles. The van der Waals surface area contributed by atoms with Crippen molar-refractivity contribution in [1.29, 1.82) is 0 Å². The van der Waals surface area contributed by atoms with E-state index in [2.05, 4.69) is 67.0 Å². The lowest BCUT2D eigenvalue weighted by Gasteiger charge is -2.29. The zero-order valence-corrected chi connectivity index (χ0v) is 20.8. The summed E-state index contributed by atoms with van der Waals surface area (Å²) in [6.45, 7) is 20.6. The van der Waals surface area contributed by atoms with Crippen LogP contribution in [0.2, 0.25) is 0 Å². The number of carbonyl (C=O) groups excluding carboxylic acids is 1. The van der Waals surface area contributed by atoms with Crippen LogP contribution in [0.4, 0.5) is 0 Å². The highest BCUT2D eigenvalue weighted by molar-refractivity contribution is 6.00. The molecule has 5 N–H and O–H groups in total. The van der Waals surface area contributed by atoms with Crippen molar-refractivity contribution in [3.63, 3.8) is 0 Å². The Hall–Kier alpha value is -2.38. The lowest BCUT2D eigenvalue weighted by molar-refractivity contribution is -0.117. The molecule has 0 bridgehead atoms. The van der Waals surface area contributed by atoms with Crippen molar-refractivity contribution in [3.8, 4) is 0 Å². The van der Waals surface area contributed by atoms with E-state index in [0.717, 1.165) is 24.4 Å². The van der Waals surface area contributed by atoms with Crippen LogP contribution < -0.4 is 21.9 Å². The van der Waals surface area contributed by atoms with Crippen LogP contribution in [0.15, 0.2) is 53.3 Å². The van der Waals surface area contributed by atoms with E-state index in [0.29, 0.717) is 30.2 Å². The molecule has 0 aromatic rings. The average Bonchev–Trinajstić information content (AvgIpc) is 2.73. The highest BCUT2D eigenvalue weighted by atomic mass is 16.1. The van der Waals surface area contributed by atoms with E-state index in [9.17, 15) is 4.79 Å². The van der Waals surface area contributed by atoms with Crippen molar-refractivity contribution in [3.05, 3.63) is 48.4 Å². The second-order valence-electron chi connectivity index (χ2n) is 9.18. The maximum atomic E-state index is 12.1. The highest BCUT2D eigenvalue weighted by Gasteiger charge is 2.25. The SMILES string of the molecule is C=C1C/C=C\C(C)C(C)(C)CN=C(C/C(C(=O)NC)=C(/C)NN)N1.C=CCCN1CCC1. The third kappa shape index (κ3) is 9.40.